The van der Waals surface area contributed by atoms with Gasteiger partial charge in [0.2, 0.25) is 0 Å². The van der Waals surface area contributed by atoms with Crippen LogP contribution in [0.1, 0.15) is 0 Å². The molecule has 1 N–H and O–H groups in total. The summed E-state index contributed by atoms with van der Waals surface area (Å²) in [4.78, 5) is 2.12. The molecular weight excluding hydrogens is 770 g/mol. The molecule has 2 aliphatic rings. The fourth-order valence-electron chi connectivity index (χ4n) is 3.81. The normalized spacial score (nSPS) is 24.0. The Morgan fingerprint density at radius 2 is 0.787 bits per heavy atom. The highest BCUT2D eigenvalue weighted by atomic mass is 32.2. The molecule has 0 saturated carbocycles. The zero-order valence-corrected chi connectivity index (χ0v) is 21.6. The number of rotatable bonds is 10. The van der Waals surface area contributed by atoms with E-state index in [0.717, 1.165) is 0 Å². The Kier molecular flexibility index (Phi) is 9.52. The molecule has 2 heterocycles. The molecule has 1 fully saturated rings. The molecule has 47 heavy (non-hydrogen) atoms. The Hall–Kier alpha value is -1.84. The van der Waals surface area contributed by atoms with E-state index in [4.69, 9.17) is 0 Å². The molecule has 0 aliphatic carbocycles. The van der Waals surface area contributed by atoms with Gasteiger partial charge in [0.05, 0.1) is 6.04 Å². The molecule has 3 unspecified atom stereocenters. The van der Waals surface area contributed by atoms with Crippen molar-refractivity contribution in [1.29, 1.82) is 0 Å². The van der Waals surface area contributed by atoms with Gasteiger partial charge in [0.15, 0.2) is 0 Å². The third-order valence-corrected chi connectivity index (χ3v) is 7.76. The summed E-state index contributed by atoms with van der Waals surface area (Å²) in [5, 5.41) is 0.584. The van der Waals surface area contributed by atoms with Gasteiger partial charge in [-0.2, -0.15) is 126 Å². The van der Waals surface area contributed by atoms with Crippen molar-refractivity contribution in [2.45, 2.75) is 89.7 Å². The lowest BCUT2D eigenvalue weighted by Gasteiger charge is -2.46. The van der Waals surface area contributed by atoms with E-state index < -0.39 is 107 Å². The lowest BCUT2D eigenvalue weighted by atomic mass is 9.82. The Balaban J connectivity index is 2.86. The molecule has 0 aromatic rings. The van der Waals surface area contributed by atoms with Crippen molar-refractivity contribution >= 4 is 17.5 Å². The fraction of sp³-hybridized carbons (Fsp3) is 0.944. The number of hydrogen-bond acceptors (Lipinski definition) is 3. The molecular formula is C18H8F26N2S. The minimum atomic E-state index is -8.82. The van der Waals surface area contributed by atoms with E-state index in [1.165, 1.54) is 0 Å². The maximum Gasteiger partial charge on any atom is 0.460 e. The number of alkyl halides is 26. The highest BCUT2D eigenvalue weighted by molar-refractivity contribution is 7.99. The van der Waals surface area contributed by atoms with E-state index in [-0.39, 0.29) is 11.8 Å². The third-order valence-electron chi connectivity index (χ3n) is 6.58. The Morgan fingerprint density at radius 3 is 1.15 bits per heavy atom. The van der Waals surface area contributed by atoms with Crippen molar-refractivity contribution in [2.75, 3.05) is 11.5 Å². The molecule has 0 spiro atoms. The Morgan fingerprint density at radius 1 is 0.447 bits per heavy atom. The van der Waals surface area contributed by atoms with Crippen molar-refractivity contribution in [3.05, 3.63) is 0 Å². The first kappa shape index (κ1) is 41.3. The summed E-state index contributed by atoms with van der Waals surface area (Å²) in [5.41, 5.74) is -4.23. The fourth-order valence-corrected chi connectivity index (χ4v) is 5.06. The Bertz CT molecular complexity index is 1210. The average molecular weight is 778 g/mol. The lowest BCUT2D eigenvalue weighted by molar-refractivity contribution is -0.441. The summed E-state index contributed by atoms with van der Waals surface area (Å²) in [6.45, 7) is 0. The summed E-state index contributed by atoms with van der Waals surface area (Å²) in [5.74, 6) is -87.0. The van der Waals surface area contributed by atoms with E-state index in [0.29, 0.717) is 5.32 Å². The van der Waals surface area contributed by atoms with Gasteiger partial charge in [-0.15, -0.1) is 0 Å². The van der Waals surface area contributed by atoms with Gasteiger partial charge in [-0.25, -0.2) is 0 Å². The molecule has 1 saturated heterocycles. The number of fused-ring (bicyclic) bond motifs is 1. The van der Waals surface area contributed by atoms with Gasteiger partial charge in [0.1, 0.15) is 11.8 Å². The first-order chi connectivity index (χ1) is 20.2. The molecule has 0 aromatic heterocycles. The van der Waals surface area contributed by atoms with E-state index in [9.17, 15) is 114 Å². The van der Waals surface area contributed by atoms with Crippen LogP contribution in [0.5, 0.6) is 0 Å². The summed E-state index contributed by atoms with van der Waals surface area (Å²) in [7, 11) is 0. The van der Waals surface area contributed by atoms with Crippen LogP contribution in [0, 0.1) is 0 Å². The van der Waals surface area contributed by atoms with Gasteiger partial charge in [-0.1, -0.05) is 0 Å². The van der Waals surface area contributed by atoms with Gasteiger partial charge in [-0.05, 0) is 0 Å². The Labute approximate surface area is 244 Å². The molecule has 0 radical (unpaired) electrons. The highest BCUT2D eigenvalue weighted by Gasteiger charge is 2.94. The number of thioether (sulfide) groups is 1. The molecule has 0 amide bonds. The quantitative estimate of drug-likeness (QED) is 0.226. The summed E-state index contributed by atoms with van der Waals surface area (Å²) < 4.78 is 353. The average Bonchev–Trinajstić information content (AvgIpc) is 3.33. The smallest absolute Gasteiger partial charge is 0.298 e. The molecule has 0 aromatic carbocycles. The zero-order valence-electron chi connectivity index (χ0n) is 20.8. The maximum absolute atomic E-state index is 14.9. The van der Waals surface area contributed by atoms with Crippen LogP contribution in [-0.4, -0.2) is 107 Å². The zero-order chi connectivity index (χ0) is 37.8. The van der Waals surface area contributed by atoms with Crippen molar-refractivity contribution in [3.63, 3.8) is 0 Å². The number of aliphatic imine (C=N–C) groups is 1. The van der Waals surface area contributed by atoms with Crippen molar-refractivity contribution in [1.82, 2.24) is 5.32 Å². The first-order valence-corrected chi connectivity index (χ1v) is 12.2. The van der Waals surface area contributed by atoms with Crippen LogP contribution < -0.4 is 5.32 Å². The number of nitrogens with zero attached hydrogens (tertiary/aromatic N) is 1. The second-order valence-corrected chi connectivity index (χ2v) is 10.7. The van der Waals surface area contributed by atoms with Gasteiger partial charge in [-0.3, -0.25) is 10.3 Å². The number of nitrogens with one attached hydrogen (secondary N) is 1. The topological polar surface area (TPSA) is 24.4 Å². The van der Waals surface area contributed by atoms with Gasteiger partial charge < -0.3 is 0 Å². The second-order valence-electron chi connectivity index (χ2n) is 9.61. The molecule has 3 atom stereocenters. The van der Waals surface area contributed by atoms with E-state index >= 15 is 0 Å². The van der Waals surface area contributed by atoms with Crippen LogP contribution in [-0.2, 0) is 0 Å². The van der Waals surface area contributed by atoms with E-state index in [2.05, 4.69) is 4.99 Å². The predicted octanol–water partition coefficient (Wildman–Crippen LogP) is 8.36. The second kappa shape index (κ2) is 10.8. The van der Waals surface area contributed by atoms with Crippen LogP contribution in [0.25, 0.3) is 0 Å². The first-order valence-electron chi connectivity index (χ1n) is 11.0. The summed E-state index contributed by atoms with van der Waals surface area (Å²) in [6, 6.07) is -10.2. The third kappa shape index (κ3) is 5.26. The predicted molar refractivity (Wildman–Crippen MR) is 101 cm³/mol. The van der Waals surface area contributed by atoms with Gasteiger partial charge in [0, 0.05) is 17.5 Å². The van der Waals surface area contributed by atoms with Crippen LogP contribution in [0.15, 0.2) is 4.99 Å². The largest absolute Gasteiger partial charge is 0.460 e. The monoisotopic (exact) mass is 778 g/mol. The van der Waals surface area contributed by atoms with Crippen LogP contribution in [0.4, 0.5) is 114 Å². The maximum atomic E-state index is 14.9. The molecule has 29 heteroatoms. The minimum absolute atomic E-state index is 0.233. The van der Waals surface area contributed by atoms with E-state index in [1.54, 1.807) is 0 Å². The van der Waals surface area contributed by atoms with Crippen molar-refractivity contribution < 1.29 is 114 Å². The van der Waals surface area contributed by atoms with Crippen LogP contribution >= 0.6 is 11.8 Å². The standard InChI is InChI=1S/C18H8F26N2S/c19-7(20,9(23,24)11(27,28)13(31,32)15(35,36)17(39,40)41)5-6(46-4-2-47-1-3(4)45-5)8(21,22)10(25,26)12(29,30)14(33,34)16(37,38)18(42,43)44/h3-5,45H,1-2H2. The molecule has 0 bridgehead atoms. The molecule has 278 valence electrons. The SMILES string of the molecule is FC(F)(F)C(F)(F)C(F)(F)C(F)(F)C(F)(F)C(F)(F)C1=NC2CSCC2NC1C(F)(F)C(F)(F)C(F)(F)C(F)(F)C(F)(F)C(F)(F)F. The summed E-state index contributed by atoms with van der Waals surface area (Å²) >= 11 is 0.233. The van der Waals surface area contributed by atoms with Crippen molar-refractivity contribution in [3.8, 4) is 0 Å². The van der Waals surface area contributed by atoms with Gasteiger partial charge >= 0.3 is 71.6 Å². The van der Waals surface area contributed by atoms with Crippen LogP contribution in [0.3, 0.4) is 0 Å². The van der Waals surface area contributed by atoms with Crippen LogP contribution in [0.2, 0.25) is 0 Å². The van der Waals surface area contributed by atoms with E-state index in [1.807, 2.05) is 0 Å². The number of hydrogen-bond donors (Lipinski definition) is 1. The van der Waals surface area contributed by atoms with Crippen molar-refractivity contribution in [2.24, 2.45) is 4.99 Å². The lowest BCUT2D eigenvalue weighted by Crippen LogP contribution is -2.77. The highest BCUT2D eigenvalue weighted by Crippen LogP contribution is 2.63. The molecule has 2 rings (SSSR count). The number of halogens is 26. The van der Waals surface area contributed by atoms with Gasteiger partial charge in [0.25, 0.3) is 0 Å². The summed E-state index contributed by atoms with van der Waals surface area (Å²) in [6.07, 6.45) is -16.0. The minimum Gasteiger partial charge on any atom is -0.298 e. The molecule has 2 nitrogen and oxygen atoms in total. The molecule has 2 aliphatic heterocycles.